The Morgan fingerprint density at radius 1 is 1.37 bits per heavy atom. The molecule has 1 aliphatic rings. The lowest BCUT2D eigenvalue weighted by molar-refractivity contribution is -0.126. The fourth-order valence-corrected chi connectivity index (χ4v) is 4.12. The first-order valence-electron chi connectivity index (χ1n) is 6.76. The summed E-state index contributed by atoms with van der Waals surface area (Å²) in [7, 11) is -3.57. The zero-order valence-corrected chi connectivity index (χ0v) is 12.8. The summed E-state index contributed by atoms with van der Waals surface area (Å²) in [6, 6.07) is 0.233. The first-order chi connectivity index (χ1) is 8.79. The second-order valence-corrected chi connectivity index (χ2v) is 7.25. The predicted molar refractivity (Wildman–Crippen MR) is 75.1 cm³/mol. The zero-order chi connectivity index (χ0) is 14.6. The number of nitrogens with zero attached hydrogens (tertiary/aromatic N) is 2. The van der Waals surface area contributed by atoms with E-state index >= 15 is 0 Å². The summed E-state index contributed by atoms with van der Waals surface area (Å²) in [5.41, 5.74) is 5.32. The molecule has 112 valence electrons. The molecule has 7 heteroatoms. The second kappa shape index (κ2) is 6.67. The fourth-order valence-electron chi connectivity index (χ4n) is 2.56. The Hall–Kier alpha value is -0.660. The highest BCUT2D eigenvalue weighted by Crippen LogP contribution is 2.21. The molecule has 0 aliphatic carbocycles. The Bertz CT molecular complexity index is 400. The van der Waals surface area contributed by atoms with Gasteiger partial charge in [-0.15, -0.1) is 0 Å². The van der Waals surface area contributed by atoms with Crippen molar-refractivity contribution in [3.63, 3.8) is 0 Å². The van der Waals surface area contributed by atoms with Crippen LogP contribution in [0.25, 0.3) is 0 Å². The molecule has 0 aromatic heterocycles. The van der Waals surface area contributed by atoms with Gasteiger partial charge in [0.05, 0.1) is 11.8 Å². The summed E-state index contributed by atoms with van der Waals surface area (Å²) in [6.45, 7) is 7.23. The van der Waals surface area contributed by atoms with Crippen LogP contribution in [-0.4, -0.2) is 61.0 Å². The normalized spacial score (nSPS) is 18.8. The van der Waals surface area contributed by atoms with E-state index in [0.29, 0.717) is 18.9 Å². The number of sulfonamides is 1. The maximum absolute atomic E-state index is 12.1. The topological polar surface area (TPSA) is 83.7 Å². The van der Waals surface area contributed by atoms with Gasteiger partial charge in [-0.25, -0.2) is 12.7 Å². The SMILES string of the molecule is CC(=O)N(C1CCN(C(C)C)CC1)S(=O)(=O)CCN. The molecule has 19 heavy (non-hydrogen) atoms. The van der Waals surface area contributed by atoms with Crippen molar-refractivity contribution < 1.29 is 13.2 Å². The number of hydrogen-bond acceptors (Lipinski definition) is 5. The summed E-state index contributed by atoms with van der Waals surface area (Å²) < 4.78 is 25.2. The molecule has 1 saturated heterocycles. The summed E-state index contributed by atoms with van der Waals surface area (Å²) in [5.74, 6) is -0.576. The number of likely N-dealkylation sites (tertiary alicyclic amines) is 1. The minimum Gasteiger partial charge on any atom is -0.329 e. The summed E-state index contributed by atoms with van der Waals surface area (Å²) in [5, 5.41) is 0. The number of piperidine rings is 1. The maximum atomic E-state index is 12.1. The Morgan fingerprint density at radius 3 is 2.26 bits per heavy atom. The van der Waals surface area contributed by atoms with Gasteiger partial charge in [0.25, 0.3) is 0 Å². The van der Waals surface area contributed by atoms with Gasteiger partial charge < -0.3 is 10.6 Å². The summed E-state index contributed by atoms with van der Waals surface area (Å²) >= 11 is 0. The van der Waals surface area contributed by atoms with Crippen molar-refractivity contribution in [3.05, 3.63) is 0 Å². The highest BCUT2D eigenvalue weighted by molar-refractivity contribution is 7.89. The van der Waals surface area contributed by atoms with Crippen LogP contribution in [0.15, 0.2) is 0 Å². The van der Waals surface area contributed by atoms with E-state index < -0.39 is 15.9 Å². The molecule has 1 aliphatic heterocycles. The number of carbonyl (C=O) groups excluding carboxylic acids is 1. The van der Waals surface area contributed by atoms with Gasteiger partial charge >= 0.3 is 0 Å². The van der Waals surface area contributed by atoms with Gasteiger partial charge in [-0.1, -0.05) is 0 Å². The van der Waals surface area contributed by atoms with Crippen molar-refractivity contribution in [2.24, 2.45) is 5.73 Å². The quantitative estimate of drug-likeness (QED) is 0.770. The van der Waals surface area contributed by atoms with Crippen LogP contribution in [0.5, 0.6) is 0 Å². The Labute approximate surface area is 116 Å². The number of hydrogen-bond donors (Lipinski definition) is 1. The monoisotopic (exact) mass is 291 g/mol. The van der Waals surface area contributed by atoms with Gasteiger partial charge in [0, 0.05) is 32.6 Å². The average molecular weight is 291 g/mol. The third-order valence-corrected chi connectivity index (χ3v) is 5.45. The third-order valence-electron chi connectivity index (χ3n) is 3.55. The van der Waals surface area contributed by atoms with Crippen LogP contribution in [0.1, 0.15) is 33.6 Å². The lowest BCUT2D eigenvalue weighted by Gasteiger charge is -2.38. The van der Waals surface area contributed by atoms with Gasteiger partial charge in [0.2, 0.25) is 15.9 Å². The van der Waals surface area contributed by atoms with Crippen molar-refractivity contribution >= 4 is 15.9 Å². The van der Waals surface area contributed by atoms with E-state index in [0.717, 1.165) is 17.4 Å². The molecule has 0 aromatic rings. The molecule has 1 heterocycles. The molecule has 1 fully saturated rings. The lowest BCUT2D eigenvalue weighted by atomic mass is 10.0. The van der Waals surface area contributed by atoms with Crippen LogP contribution in [0.3, 0.4) is 0 Å². The van der Waals surface area contributed by atoms with Gasteiger partial charge in [0.1, 0.15) is 0 Å². The number of amides is 1. The summed E-state index contributed by atoms with van der Waals surface area (Å²) in [4.78, 5) is 14.0. The number of rotatable bonds is 5. The van der Waals surface area contributed by atoms with Crippen LogP contribution in [0.2, 0.25) is 0 Å². The van der Waals surface area contributed by atoms with Gasteiger partial charge in [-0.05, 0) is 26.7 Å². The molecule has 6 nitrogen and oxygen atoms in total. The zero-order valence-electron chi connectivity index (χ0n) is 12.0. The van der Waals surface area contributed by atoms with E-state index in [1.54, 1.807) is 0 Å². The van der Waals surface area contributed by atoms with Crippen molar-refractivity contribution in [2.75, 3.05) is 25.4 Å². The highest BCUT2D eigenvalue weighted by atomic mass is 32.2. The van der Waals surface area contributed by atoms with Gasteiger partial charge in [0.15, 0.2) is 0 Å². The molecule has 0 unspecified atom stereocenters. The Morgan fingerprint density at radius 2 is 1.89 bits per heavy atom. The summed E-state index contributed by atoms with van der Waals surface area (Å²) in [6.07, 6.45) is 1.39. The van der Waals surface area contributed by atoms with Crippen molar-refractivity contribution in [1.82, 2.24) is 9.21 Å². The lowest BCUT2D eigenvalue weighted by Crippen LogP contribution is -2.51. The standard InChI is InChI=1S/C12H25N3O3S/c1-10(2)14-7-4-12(5-8-14)15(11(3)16)19(17,18)9-6-13/h10,12H,4-9,13H2,1-3H3. The van der Waals surface area contributed by atoms with Crippen LogP contribution in [0, 0.1) is 0 Å². The van der Waals surface area contributed by atoms with Crippen molar-refractivity contribution in [2.45, 2.75) is 45.7 Å². The molecule has 0 bridgehead atoms. The molecule has 0 atom stereocenters. The number of carbonyl (C=O) groups is 1. The minimum atomic E-state index is -3.57. The molecule has 1 amide bonds. The van der Waals surface area contributed by atoms with E-state index in [-0.39, 0.29) is 18.3 Å². The van der Waals surface area contributed by atoms with E-state index in [1.165, 1.54) is 6.92 Å². The third kappa shape index (κ3) is 4.15. The fraction of sp³-hybridized carbons (Fsp3) is 0.917. The minimum absolute atomic E-state index is 0.0386. The molecule has 0 saturated carbocycles. The van der Waals surface area contributed by atoms with E-state index in [1.807, 2.05) is 0 Å². The first-order valence-corrected chi connectivity index (χ1v) is 8.37. The largest absolute Gasteiger partial charge is 0.329 e. The van der Waals surface area contributed by atoms with Crippen molar-refractivity contribution in [1.29, 1.82) is 0 Å². The Kier molecular flexibility index (Phi) is 5.76. The number of nitrogens with two attached hydrogens (primary N) is 1. The van der Waals surface area contributed by atoms with E-state index in [4.69, 9.17) is 5.73 Å². The van der Waals surface area contributed by atoms with Crippen LogP contribution in [-0.2, 0) is 14.8 Å². The Balaban J connectivity index is 2.78. The molecule has 1 rings (SSSR count). The second-order valence-electron chi connectivity index (χ2n) is 5.28. The molecular formula is C12H25N3O3S. The van der Waals surface area contributed by atoms with Crippen LogP contribution < -0.4 is 5.73 Å². The van der Waals surface area contributed by atoms with E-state index in [2.05, 4.69) is 18.7 Å². The predicted octanol–water partition coefficient (Wildman–Crippen LogP) is -0.00380. The molecule has 2 N–H and O–H groups in total. The molecule has 0 spiro atoms. The molecule has 0 aromatic carbocycles. The van der Waals surface area contributed by atoms with Crippen LogP contribution >= 0.6 is 0 Å². The average Bonchev–Trinajstić information content (AvgIpc) is 2.28. The first kappa shape index (κ1) is 16.4. The van der Waals surface area contributed by atoms with Crippen LogP contribution in [0.4, 0.5) is 0 Å². The van der Waals surface area contributed by atoms with Gasteiger partial charge in [-0.3, -0.25) is 4.79 Å². The molecular weight excluding hydrogens is 266 g/mol. The maximum Gasteiger partial charge on any atom is 0.238 e. The van der Waals surface area contributed by atoms with Gasteiger partial charge in [-0.2, -0.15) is 0 Å². The van der Waals surface area contributed by atoms with Crippen molar-refractivity contribution in [3.8, 4) is 0 Å². The highest BCUT2D eigenvalue weighted by Gasteiger charge is 2.34. The van der Waals surface area contributed by atoms with E-state index in [9.17, 15) is 13.2 Å². The molecule has 0 radical (unpaired) electrons. The smallest absolute Gasteiger partial charge is 0.238 e.